The summed E-state index contributed by atoms with van der Waals surface area (Å²) >= 11 is 0. The molecule has 0 aliphatic carbocycles. The molecule has 124 valence electrons. The Kier molecular flexibility index (Phi) is 2.88. The van der Waals surface area contributed by atoms with Crippen molar-refractivity contribution in [3.05, 3.63) is 75.3 Å². The van der Waals surface area contributed by atoms with Crippen molar-refractivity contribution in [2.75, 3.05) is 6.79 Å². The van der Waals surface area contributed by atoms with Crippen molar-refractivity contribution >= 4 is 0 Å². The van der Waals surface area contributed by atoms with Crippen LogP contribution in [-0.2, 0) is 0 Å². The predicted octanol–water partition coefficient (Wildman–Crippen LogP) is 3.09. The average Bonchev–Trinajstić information content (AvgIpc) is 3.06. The van der Waals surface area contributed by atoms with Crippen LogP contribution in [0.3, 0.4) is 0 Å². The van der Waals surface area contributed by atoms with Gasteiger partial charge in [-0.25, -0.2) is 0 Å². The second kappa shape index (κ2) is 5.11. The van der Waals surface area contributed by atoms with Gasteiger partial charge in [0.05, 0.1) is 5.56 Å². The predicted molar refractivity (Wildman–Crippen MR) is 89.6 cm³/mol. The minimum Gasteiger partial charge on any atom is -0.454 e. The number of hydrogen-bond donors (Lipinski definition) is 1. The molecular formula is C19H14N2O4. The van der Waals surface area contributed by atoms with Gasteiger partial charge in [-0.1, -0.05) is 30.3 Å². The third kappa shape index (κ3) is 2.11. The highest BCUT2D eigenvalue weighted by Crippen LogP contribution is 2.49. The summed E-state index contributed by atoms with van der Waals surface area (Å²) in [4.78, 5) is 19.9. The molecule has 0 radical (unpaired) electrons. The molecule has 0 fully saturated rings. The fourth-order valence-corrected chi connectivity index (χ4v) is 3.41. The van der Waals surface area contributed by atoms with Crippen LogP contribution in [-0.4, -0.2) is 16.8 Å². The number of fused-ring (bicyclic) bond motifs is 3. The third-order valence-electron chi connectivity index (χ3n) is 4.48. The Morgan fingerprint density at radius 3 is 2.64 bits per heavy atom. The minimum atomic E-state index is -0.286. The van der Waals surface area contributed by atoms with Gasteiger partial charge < -0.3 is 19.2 Å². The topological polar surface area (TPSA) is 73.4 Å². The van der Waals surface area contributed by atoms with Crippen molar-refractivity contribution in [3.63, 3.8) is 0 Å². The number of ether oxygens (including phenoxy) is 3. The zero-order valence-corrected chi connectivity index (χ0v) is 13.4. The molecule has 5 rings (SSSR count). The van der Waals surface area contributed by atoms with Crippen molar-refractivity contribution in [1.29, 1.82) is 0 Å². The Morgan fingerprint density at radius 1 is 1.08 bits per heavy atom. The first-order valence-corrected chi connectivity index (χ1v) is 7.98. The Morgan fingerprint density at radius 2 is 1.84 bits per heavy atom. The lowest BCUT2D eigenvalue weighted by Gasteiger charge is -2.27. The smallest absolute Gasteiger partial charge is 0.258 e. The molecule has 2 aromatic carbocycles. The summed E-state index contributed by atoms with van der Waals surface area (Å²) in [5.74, 6) is 2.48. The first-order chi connectivity index (χ1) is 12.2. The van der Waals surface area contributed by atoms with Crippen molar-refractivity contribution in [1.82, 2.24) is 9.97 Å². The molecular weight excluding hydrogens is 320 g/mol. The number of rotatable bonds is 1. The number of hydrogen-bond acceptors (Lipinski definition) is 5. The van der Waals surface area contributed by atoms with Crippen molar-refractivity contribution in [2.24, 2.45) is 0 Å². The maximum Gasteiger partial charge on any atom is 0.258 e. The Labute approximate surface area is 143 Å². The van der Waals surface area contributed by atoms with E-state index in [1.54, 1.807) is 13.0 Å². The maximum atomic E-state index is 12.7. The fraction of sp³-hybridized carbons (Fsp3) is 0.158. The van der Waals surface area contributed by atoms with Crippen LogP contribution in [0.1, 0.15) is 28.4 Å². The molecule has 1 aromatic heterocycles. The van der Waals surface area contributed by atoms with Crippen LogP contribution in [0.2, 0.25) is 0 Å². The van der Waals surface area contributed by atoms with Crippen molar-refractivity contribution in [3.8, 4) is 23.1 Å². The van der Waals surface area contributed by atoms with Crippen LogP contribution in [0, 0.1) is 6.92 Å². The summed E-state index contributed by atoms with van der Waals surface area (Å²) in [5, 5.41) is 0. The summed E-state index contributed by atoms with van der Waals surface area (Å²) < 4.78 is 16.9. The second-order valence-corrected chi connectivity index (χ2v) is 6.06. The number of H-pyrrole nitrogens is 1. The molecule has 0 unspecified atom stereocenters. The zero-order valence-electron chi connectivity index (χ0n) is 13.4. The highest BCUT2D eigenvalue weighted by molar-refractivity contribution is 5.61. The largest absolute Gasteiger partial charge is 0.454 e. The number of nitrogens with one attached hydrogen (secondary N) is 1. The molecule has 6 heteroatoms. The molecule has 0 amide bonds. The van der Waals surface area contributed by atoms with Gasteiger partial charge in [0.2, 0.25) is 12.7 Å². The number of aromatic amines is 1. The lowest BCUT2D eigenvalue weighted by molar-refractivity contribution is 0.174. The first kappa shape index (κ1) is 14.1. The number of benzene rings is 2. The lowest BCUT2D eigenvalue weighted by atomic mass is 9.84. The van der Waals surface area contributed by atoms with Crippen LogP contribution in [0.5, 0.6) is 23.1 Å². The number of nitrogens with zero attached hydrogens (tertiary/aromatic N) is 1. The molecule has 1 atom stereocenters. The summed E-state index contributed by atoms with van der Waals surface area (Å²) in [6.45, 7) is 1.91. The normalized spacial score (nSPS) is 16.8. The standard InChI is InChI=1S/C19H14N2O4/c1-10-20-18(22)17-16(11-5-3-2-4-6-11)12-7-14-15(24-9-23-14)8-13(12)25-19(17)21-10/h2-8,16H,9H2,1H3,(H,20,21,22)/t16-/m1/s1. The molecule has 0 saturated heterocycles. The van der Waals surface area contributed by atoms with E-state index in [2.05, 4.69) is 9.97 Å². The van der Waals surface area contributed by atoms with Gasteiger partial charge in [0.1, 0.15) is 11.6 Å². The van der Waals surface area contributed by atoms with E-state index in [9.17, 15) is 4.79 Å². The summed E-state index contributed by atoms with van der Waals surface area (Å²) in [6, 6.07) is 13.5. The van der Waals surface area contributed by atoms with Gasteiger partial charge in [0.15, 0.2) is 11.5 Å². The summed E-state index contributed by atoms with van der Waals surface area (Å²) in [6.07, 6.45) is 0. The third-order valence-corrected chi connectivity index (χ3v) is 4.48. The van der Waals surface area contributed by atoms with E-state index in [0.717, 1.165) is 11.1 Å². The molecule has 3 heterocycles. The molecule has 0 saturated carbocycles. The molecule has 2 aliphatic heterocycles. The maximum absolute atomic E-state index is 12.7. The highest BCUT2D eigenvalue weighted by Gasteiger charge is 2.34. The fourth-order valence-electron chi connectivity index (χ4n) is 3.41. The van der Waals surface area contributed by atoms with E-state index >= 15 is 0 Å². The number of aryl methyl sites for hydroxylation is 1. The van der Waals surface area contributed by atoms with Crippen molar-refractivity contribution in [2.45, 2.75) is 12.8 Å². The lowest BCUT2D eigenvalue weighted by Crippen LogP contribution is -2.24. The van der Waals surface area contributed by atoms with Gasteiger partial charge in [0, 0.05) is 17.5 Å². The van der Waals surface area contributed by atoms with Crippen LogP contribution in [0.4, 0.5) is 0 Å². The van der Waals surface area contributed by atoms with E-state index in [0.29, 0.717) is 34.5 Å². The molecule has 6 nitrogen and oxygen atoms in total. The SMILES string of the molecule is Cc1nc2c(c(=O)[nH]1)[C@H](c1ccccc1)c1cc3c(cc1O2)OCO3. The molecule has 0 spiro atoms. The van der Waals surface area contributed by atoms with Gasteiger partial charge in [-0.3, -0.25) is 4.79 Å². The number of aromatic nitrogens is 2. The minimum absolute atomic E-state index is 0.180. The van der Waals surface area contributed by atoms with E-state index in [1.807, 2.05) is 36.4 Å². The van der Waals surface area contributed by atoms with Crippen LogP contribution < -0.4 is 19.8 Å². The summed E-state index contributed by atoms with van der Waals surface area (Å²) in [5.41, 5.74) is 2.16. The zero-order chi connectivity index (χ0) is 17.0. The Hall–Kier alpha value is -3.28. The molecule has 25 heavy (non-hydrogen) atoms. The molecule has 0 bridgehead atoms. The Bertz CT molecular complexity index is 1040. The molecule has 1 N–H and O–H groups in total. The van der Waals surface area contributed by atoms with E-state index in [-0.39, 0.29) is 18.3 Å². The quantitative estimate of drug-likeness (QED) is 0.579. The molecule has 3 aromatic rings. The summed E-state index contributed by atoms with van der Waals surface area (Å²) in [7, 11) is 0. The Balaban J connectivity index is 1.81. The highest BCUT2D eigenvalue weighted by atomic mass is 16.7. The monoisotopic (exact) mass is 334 g/mol. The van der Waals surface area contributed by atoms with Gasteiger partial charge in [-0.05, 0) is 18.6 Å². The van der Waals surface area contributed by atoms with E-state index in [1.165, 1.54) is 0 Å². The van der Waals surface area contributed by atoms with Crippen molar-refractivity contribution < 1.29 is 14.2 Å². The van der Waals surface area contributed by atoms with Gasteiger partial charge >= 0.3 is 0 Å². The van der Waals surface area contributed by atoms with Crippen LogP contribution in [0.15, 0.2) is 47.3 Å². The van der Waals surface area contributed by atoms with Gasteiger partial charge in [-0.2, -0.15) is 4.98 Å². The second-order valence-electron chi connectivity index (χ2n) is 6.06. The first-order valence-electron chi connectivity index (χ1n) is 7.98. The average molecular weight is 334 g/mol. The molecule has 2 aliphatic rings. The van der Waals surface area contributed by atoms with Crippen LogP contribution >= 0.6 is 0 Å². The van der Waals surface area contributed by atoms with E-state index in [4.69, 9.17) is 14.2 Å². The van der Waals surface area contributed by atoms with Gasteiger partial charge in [0.25, 0.3) is 5.56 Å². The van der Waals surface area contributed by atoms with E-state index < -0.39 is 0 Å². The van der Waals surface area contributed by atoms with Crippen LogP contribution in [0.25, 0.3) is 0 Å². The van der Waals surface area contributed by atoms with Gasteiger partial charge in [-0.15, -0.1) is 0 Å².